The molecule has 1 N–H and O–H groups in total. The molecule has 1 aromatic heterocycles. The smallest absolute Gasteiger partial charge is 0.264 e. The highest BCUT2D eigenvalue weighted by Crippen LogP contribution is 2.26. The molecule has 1 atom stereocenters. The summed E-state index contributed by atoms with van der Waals surface area (Å²) in [5.41, 5.74) is 1.70. The van der Waals surface area contributed by atoms with Gasteiger partial charge in [-0.3, -0.25) is 14.5 Å². The highest BCUT2D eigenvalue weighted by molar-refractivity contribution is 7.12. The van der Waals surface area contributed by atoms with Crippen LogP contribution in [0.2, 0.25) is 0 Å². The van der Waals surface area contributed by atoms with Gasteiger partial charge in [0, 0.05) is 32.2 Å². The first-order valence-corrected chi connectivity index (χ1v) is 8.83. The lowest BCUT2D eigenvalue weighted by molar-refractivity contribution is 0.0550. The molecule has 1 aromatic carbocycles. The summed E-state index contributed by atoms with van der Waals surface area (Å²) in [5, 5.41) is 4.58. The van der Waals surface area contributed by atoms with Gasteiger partial charge in [0.1, 0.15) is 0 Å². The number of nitrogens with zero attached hydrogens (tertiary/aromatic N) is 2. The molecule has 126 valence electrons. The molecule has 1 aliphatic rings. The fourth-order valence-corrected chi connectivity index (χ4v) is 3.70. The Kier molecular flexibility index (Phi) is 4.97. The molecule has 0 radical (unpaired) electrons. The van der Waals surface area contributed by atoms with Crippen LogP contribution in [0.5, 0.6) is 0 Å². The first-order chi connectivity index (χ1) is 11.6. The van der Waals surface area contributed by atoms with Gasteiger partial charge in [-0.05, 0) is 36.2 Å². The van der Waals surface area contributed by atoms with Crippen LogP contribution in [0.25, 0.3) is 0 Å². The maximum atomic E-state index is 12.6. The van der Waals surface area contributed by atoms with Crippen LogP contribution in [0.1, 0.15) is 31.6 Å². The largest absolute Gasteiger partial charge is 0.355 e. The van der Waals surface area contributed by atoms with Crippen LogP contribution in [0.4, 0.5) is 0 Å². The van der Waals surface area contributed by atoms with Gasteiger partial charge < -0.3 is 10.2 Å². The molecule has 2 aromatic rings. The SMILES string of the molecule is CNC(=O)c1cccc([C@H]2CN(C(=O)c3cccs3)CCN2C)c1. The minimum atomic E-state index is -0.0955. The number of amides is 2. The molecule has 0 bridgehead atoms. The maximum absolute atomic E-state index is 12.6. The summed E-state index contributed by atoms with van der Waals surface area (Å²) in [7, 11) is 3.69. The third kappa shape index (κ3) is 3.34. The van der Waals surface area contributed by atoms with Crippen LogP contribution < -0.4 is 5.32 Å². The highest BCUT2D eigenvalue weighted by Gasteiger charge is 2.29. The lowest BCUT2D eigenvalue weighted by atomic mass is 10.00. The van der Waals surface area contributed by atoms with Crippen LogP contribution in [0.15, 0.2) is 41.8 Å². The first kappa shape index (κ1) is 16.7. The number of hydrogen-bond donors (Lipinski definition) is 1. The number of thiophene rings is 1. The number of piperazine rings is 1. The van der Waals surface area contributed by atoms with E-state index in [-0.39, 0.29) is 17.9 Å². The number of benzene rings is 1. The van der Waals surface area contributed by atoms with E-state index in [1.807, 2.05) is 40.6 Å². The van der Waals surface area contributed by atoms with Crippen LogP contribution in [0.3, 0.4) is 0 Å². The topological polar surface area (TPSA) is 52.7 Å². The number of carbonyl (C=O) groups is 2. The second-order valence-electron chi connectivity index (χ2n) is 5.93. The average molecular weight is 343 g/mol. The zero-order valence-electron chi connectivity index (χ0n) is 13.9. The van der Waals surface area contributed by atoms with E-state index in [1.165, 1.54) is 11.3 Å². The quantitative estimate of drug-likeness (QED) is 0.930. The van der Waals surface area contributed by atoms with Crippen LogP contribution >= 0.6 is 11.3 Å². The summed E-state index contributed by atoms with van der Waals surface area (Å²) in [5.74, 6) is -0.00705. The second kappa shape index (κ2) is 7.15. The second-order valence-corrected chi connectivity index (χ2v) is 6.88. The molecule has 2 heterocycles. The number of carbonyl (C=O) groups excluding carboxylic acids is 2. The van der Waals surface area contributed by atoms with Crippen molar-refractivity contribution in [2.75, 3.05) is 33.7 Å². The molecule has 0 aliphatic carbocycles. The first-order valence-electron chi connectivity index (χ1n) is 7.95. The Balaban J connectivity index is 1.81. The van der Waals surface area contributed by atoms with E-state index in [4.69, 9.17) is 0 Å². The minimum Gasteiger partial charge on any atom is -0.355 e. The zero-order chi connectivity index (χ0) is 17.1. The maximum Gasteiger partial charge on any atom is 0.264 e. The Morgan fingerprint density at radius 3 is 2.75 bits per heavy atom. The molecular formula is C18H21N3O2S. The van der Waals surface area contributed by atoms with E-state index >= 15 is 0 Å². The van der Waals surface area contributed by atoms with Crippen molar-refractivity contribution in [1.82, 2.24) is 15.1 Å². The molecular weight excluding hydrogens is 322 g/mol. The summed E-state index contributed by atoms with van der Waals surface area (Å²) < 4.78 is 0. The van der Waals surface area contributed by atoms with Gasteiger partial charge in [0.15, 0.2) is 0 Å². The predicted molar refractivity (Wildman–Crippen MR) is 95.4 cm³/mol. The van der Waals surface area contributed by atoms with Crippen molar-refractivity contribution < 1.29 is 9.59 Å². The fraction of sp³-hybridized carbons (Fsp3) is 0.333. The van der Waals surface area contributed by atoms with Gasteiger partial charge in [0.25, 0.3) is 11.8 Å². The Bertz CT molecular complexity index is 730. The number of likely N-dealkylation sites (N-methyl/N-ethyl adjacent to an activating group) is 1. The highest BCUT2D eigenvalue weighted by atomic mass is 32.1. The van der Waals surface area contributed by atoms with Crippen LogP contribution in [0, 0.1) is 0 Å². The predicted octanol–water partition coefficient (Wildman–Crippen LogP) is 2.24. The van der Waals surface area contributed by atoms with Crippen LogP contribution in [-0.4, -0.2) is 55.3 Å². The Morgan fingerprint density at radius 1 is 1.21 bits per heavy atom. The molecule has 1 fully saturated rings. The Morgan fingerprint density at radius 2 is 2.04 bits per heavy atom. The molecule has 2 amide bonds. The Labute approximate surface area is 145 Å². The van der Waals surface area contributed by atoms with Crippen molar-refractivity contribution in [1.29, 1.82) is 0 Å². The number of nitrogens with one attached hydrogen (secondary N) is 1. The van der Waals surface area contributed by atoms with Gasteiger partial charge in [-0.2, -0.15) is 0 Å². The lowest BCUT2D eigenvalue weighted by Gasteiger charge is -2.39. The number of rotatable bonds is 3. The van der Waals surface area contributed by atoms with Crippen molar-refractivity contribution in [3.8, 4) is 0 Å². The molecule has 1 saturated heterocycles. The van der Waals surface area contributed by atoms with Gasteiger partial charge >= 0.3 is 0 Å². The normalized spacial score (nSPS) is 18.4. The number of hydrogen-bond acceptors (Lipinski definition) is 4. The summed E-state index contributed by atoms with van der Waals surface area (Å²) in [6, 6.07) is 11.5. The van der Waals surface area contributed by atoms with Gasteiger partial charge in [0.05, 0.1) is 10.9 Å². The molecule has 0 saturated carbocycles. The summed E-state index contributed by atoms with van der Waals surface area (Å²) >= 11 is 1.47. The van der Waals surface area contributed by atoms with E-state index in [9.17, 15) is 9.59 Å². The van der Waals surface area contributed by atoms with Gasteiger partial charge in [-0.1, -0.05) is 18.2 Å². The summed E-state index contributed by atoms with van der Waals surface area (Å²) in [6.45, 7) is 2.16. The zero-order valence-corrected chi connectivity index (χ0v) is 14.7. The minimum absolute atomic E-state index is 0.0885. The molecule has 0 spiro atoms. The van der Waals surface area contributed by atoms with Crippen molar-refractivity contribution in [3.63, 3.8) is 0 Å². The van der Waals surface area contributed by atoms with Gasteiger partial charge in [0.2, 0.25) is 0 Å². The molecule has 5 nitrogen and oxygen atoms in total. The van der Waals surface area contributed by atoms with Gasteiger partial charge in [-0.25, -0.2) is 0 Å². The average Bonchev–Trinajstić information content (AvgIpc) is 3.15. The van der Waals surface area contributed by atoms with Crippen molar-refractivity contribution in [2.45, 2.75) is 6.04 Å². The molecule has 24 heavy (non-hydrogen) atoms. The van der Waals surface area contributed by atoms with Gasteiger partial charge in [-0.15, -0.1) is 11.3 Å². The van der Waals surface area contributed by atoms with E-state index in [1.54, 1.807) is 13.1 Å². The molecule has 0 unspecified atom stereocenters. The fourth-order valence-electron chi connectivity index (χ4n) is 3.01. The van der Waals surface area contributed by atoms with Crippen LogP contribution in [-0.2, 0) is 0 Å². The standard InChI is InChI=1S/C18H21N3O2S/c1-19-17(22)14-6-3-5-13(11-14)15-12-21(9-8-20(15)2)18(23)16-7-4-10-24-16/h3-7,10-11,15H,8-9,12H2,1-2H3,(H,19,22)/t15-/m1/s1. The third-order valence-electron chi connectivity index (χ3n) is 4.43. The molecule has 3 rings (SSSR count). The van der Waals surface area contributed by atoms with Crippen molar-refractivity contribution >= 4 is 23.2 Å². The summed E-state index contributed by atoms with van der Waals surface area (Å²) in [4.78, 5) is 29.4. The van der Waals surface area contributed by atoms with E-state index < -0.39 is 0 Å². The monoisotopic (exact) mass is 343 g/mol. The van der Waals surface area contributed by atoms with E-state index in [0.717, 1.165) is 23.5 Å². The summed E-state index contributed by atoms with van der Waals surface area (Å²) in [6.07, 6.45) is 0. The molecule has 6 heteroatoms. The van der Waals surface area contributed by atoms with E-state index in [2.05, 4.69) is 17.3 Å². The Hall–Kier alpha value is -2.18. The molecule has 1 aliphatic heterocycles. The lowest BCUT2D eigenvalue weighted by Crippen LogP contribution is -2.48. The van der Waals surface area contributed by atoms with Crippen molar-refractivity contribution in [2.24, 2.45) is 0 Å². The van der Waals surface area contributed by atoms with Crippen molar-refractivity contribution in [3.05, 3.63) is 57.8 Å². The third-order valence-corrected chi connectivity index (χ3v) is 5.29. The van der Waals surface area contributed by atoms with E-state index in [0.29, 0.717) is 12.1 Å².